The molecule has 4 heterocycles. The molecule has 2 bridgehead atoms. The zero-order valence-electron chi connectivity index (χ0n) is 15.3. The van der Waals surface area contributed by atoms with Crippen molar-refractivity contribution in [2.45, 2.75) is 18.9 Å². The van der Waals surface area contributed by atoms with Crippen molar-refractivity contribution in [3.63, 3.8) is 0 Å². The van der Waals surface area contributed by atoms with Crippen LogP contribution in [0.3, 0.4) is 0 Å². The van der Waals surface area contributed by atoms with Gasteiger partial charge in [-0.15, -0.1) is 0 Å². The third-order valence-electron chi connectivity index (χ3n) is 5.93. The van der Waals surface area contributed by atoms with E-state index in [1.165, 1.54) is 24.3 Å². The van der Waals surface area contributed by atoms with Crippen LogP contribution in [-0.4, -0.2) is 36.5 Å². The molecular weight excluding hydrogens is 362 g/mol. The van der Waals surface area contributed by atoms with E-state index in [1.807, 2.05) is 0 Å². The number of piperidine rings is 3. The highest BCUT2D eigenvalue weighted by atomic mass is 19.1. The van der Waals surface area contributed by atoms with Crippen LogP contribution in [-0.2, 0) is 0 Å². The molecule has 1 atom stereocenters. The highest BCUT2D eigenvalue weighted by Gasteiger charge is 2.35. The monoisotopic (exact) mass is 382 g/mol. The number of nitrogens with zero attached hydrogens (tertiary/aromatic N) is 1. The molecule has 3 aliphatic rings. The van der Waals surface area contributed by atoms with Crippen molar-refractivity contribution in [1.29, 1.82) is 0 Å². The Morgan fingerprint density at radius 1 is 1.04 bits per heavy atom. The molecule has 1 N–H and O–H groups in total. The summed E-state index contributed by atoms with van der Waals surface area (Å²) in [5.74, 6) is -0.406. The van der Waals surface area contributed by atoms with E-state index < -0.39 is 5.82 Å². The van der Waals surface area contributed by atoms with Crippen molar-refractivity contribution < 1.29 is 18.0 Å². The lowest BCUT2D eigenvalue weighted by molar-refractivity contribution is 0.0607. The van der Waals surface area contributed by atoms with Gasteiger partial charge in [0.25, 0.3) is 5.91 Å². The Bertz CT molecular complexity index is 1040. The van der Waals surface area contributed by atoms with Crippen molar-refractivity contribution in [2.24, 2.45) is 5.92 Å². The third kappa shape index (κ3) is 3.07. The molecule has 6 rings (SSSR count). The van der Waals surface area contributed by atoms with Gasteiger partial charge in [0.15, 0.2) is 5.76 Å². The Hall–Kier alpha value is -2.73. The maximum Gasteiger partial charge on any atom is 0.287 e. The molecule has 0 spiro atoms. The fraction of sp³-hybridized carbons (Fsp3) is 0.318. The van der Waals surface area contributed by atoms with Crippen LogP contribution in [0, 0.1) is 17.6 Å². The molecule has 1 amide bonds. The van der Waals surface area contributed by atoms with E-state index in [2.05, 4.69) is 10.2 Å². The lowest BCUT2D eigenvalue weighted by Gasteiger charge is -2.44. The molecule has 0 saturated carbocycles. The van der Waals surface area contributed by atoms with Crippen LogP contribution < -0.4 is 5.32 Å². The van der Waals surface area contributed by atoms with Crippen molar-refractivity contribution in [3.05, 3.63) is 59.9 Å². The van der Waals surface area contributed by atoms with Gasteiger partial charge in [0, 0.05) is 23.5 Å². The van der Waals surface area contributed by atoms with Gasteiger partial charge in [-0.25, -0.2) is 8.78 Å². The second-order valence-corrected chi connectivity index (χ2v) is 7.71. The van der Waals surface area contributed by atoms with Gasteiger partial charge in [0.05, 0.1) is 0 Å². The summed E-state index contributed by atoms with van der Waals surface area (Å²) in [5, 5.41) is 3.60. The highest BCUT2D eigenvalue weighted by Crippen LogP contribution is 2.33. The molecule has 0 radical (unpaired) electrons. The number of carbonyl (C=O) groups excluding carboxylic acids is 1. The van der Waals surface area contributed by atoms with E-state index in [1.54, 1.807) is 18.2 Å². The summed E-state index contributed by atoms with van der Waals surface area (Å²) < 4.78 is 33.2. The molecule has 4 nitrogen and oxygen atoms in total. The zero-order valence-corrected chi connectivity index (χ0v) is 15.3. The summed E-state index contributed by atoms with van der Waals surface area (Å²) in [6.07, 6.45) is 2.20. The summed E-state index contributed by atoms with van der Waals surface area (Å²) in [7, 11) is 0. The molecule has 144 valence electrons. The van der Waals surface area contributed by atoms with Crippen molar-refractivity contribution >= 4 is 16.9 Å². The number of fused-ring (bicyclic) bond motifs is 4. The summed E-state index contributed by atoms with van der Waals surface area (Å²) in [4.78, 5) is 15.1. The molecule has 2 aromatic carbocycles. The molecule has 3 saturated heterocycles. The summed E-state index contributed by atoms with van der Waals surface area (Å²) >= 11 is 0. The van der Waals surface area contributed by atoms with Gasteiger partial charge in [0.2, 0.25) is 0 Å². The van der Waals surface area contributed by atoms with E-state index in [-0.39, 0.29) is 23.5 Å². The summed E-state index contributed by atoms with van der Waals surface area (Å²) in [5.41, 5.74) is 1.55. The lowest BCUT2D eigenvalue weighted by Crippen LogP contribution is -2.57. The minimum absolute atomic E-state index is 0.122. The minimum Gasteiger partial charge on any atom is -0.450 e. The number of halogens is 2. The van der Waals surface area contributed by atoms with Gasteiger partial charge in [-0.1, -0.05) is 12.1 Å². The summed E-state index contributed by atoms with van der Waals surface area (Å²) in [6.45, 7) is 3.07. The van der Waals surface area contributed by atoms with Crippen LogP contribution in [0.25, 0.3) is 22.1 Å². The average Bonchev–Trinajstić information content (AvgIpc) is 3.13. The molecular formula is C22H20F2N2O2. The number of hydrogen-bond donors (Lipinski definition) is 1. The number of benzene rings is 2. The van der Waals surface area contributed by atoms with E-state index >= 15 is 0 Å². The van der Waals surface area contributed by atoms with E-state index in [0.717, 1.165) is 32.5 Å². The van der Waals surface area contributed by atoms with Crippen LogP contribution in [0.4, 0.5) is 8.78 Å². The zero-order chi connectivity index (χ0) is 19.3. The van der Waals surface area contributed by atoms with Crippen LogP contribution in [0.5, 0.6) is 0 Å². The Labute approximate surface area is 161 Å². The molecule has 3 aliphatic heterocycles. The third-order valence-corrected chi connectivity index (χ3v) is 5.93. The molecule has 1 aromatic heterocycles. The van der Waals surface area contributed by atoms with Crippen LogP contribution in [0.2, 0.25) is 0 Å². The van der Waals surface area contributed by atoms with Gasteiger partial charge in [-0.05, 0) is 67.7 Å². The van der Waals surface area contributed by atoms with Crippen LogP contribution in [0.1, 0.15) is 23.4 Å². The fourth-order valence-electron chi connectivity index (χ4n) is 4.44. The van der Waals surface area contributed by atoms with Crippen molar-refractivity contribution in [1.82, 2.24) is 10.2 Å². The van der Waals surface area contributed by atoms with E-state index in [0.29, 0.717) is 28.0 Å². The number of carbonyl (C=O) groups is 1. The van der Waals surface area contributed by atoms with E-state index in [9.17, 15) is 13.6 Å². The smallest absolute Gasteiger partial charge is 0.287 e. The fourth-order valence-corrected chi connectivity index (χ4v) is 4.44. The van der Waals surface area contributed by atoms with Gasteiger partial charge in [-0.3, -0.25) is 4.79 Å². The largest absolute Gasteiger partial charge is 0.450 e. The molecule has 3 fully saturated rings. The van der Waals surface area contributed by atoms with Crippen LogP contribution in [0.15, 0.2) is 46.9 Å². The van der Waals surface area contributed by atoms with E-state index in [4.69, 9.17) is 4.42 Å². The molecule has 28 heavy (non-hydrogen) atoms. The predicted octanol–water partition coefficient (Wildman–Crippen LogP) is 4.20. The summed E-state index contributed by atoms with van der Waals surface area (Å²) in [6, 6.07) is 10.1. The van der Waals surface area contributed by atoms with Crippen LogP contribution >= 0.6 is 0 Å². The number of rotatable bonds is 3. The Morgan fingerprint density at radius 2 is 1.79 bits per heavy atom. The Kier molecular flexibility index (Phi) is 4.16. The first-order valence-corrected chi connectivity index (χ1v) is 9.59. The minimum atomic E-state index is -0.433. The van der Waals surface area contributed by atoms with Gasteiger partial charge in [-0.2, -0.15) is 0 Å². The van der Waals surface area contributed by atoms with Crippen molar-refractivity contribution in [2.75, 3.05) is 19.6 Å². The van der Waals surface area contributed by atoms with Crippen molar-refractivity contribution in [3.8, 4) is 11.1 Å². The van der Waals surface area contributed by atoms with Gasteiger partial charge < -0.3 is 14.6 Å². The molecule has 0 aliphatic carbocycles. The normalized spacial score (nSPS) is 23.9. The maximum absolute atomic E-state index is 14.1. The highest BCUT2D eigenvalue weighted by molar-refractivity contribution is 6.00. The standard InChI is InChI=1S/C22H20F2N2O2/c23-16-3-1-13(2-4-16)18-11-17(24)9-15-10-20(28-21(15)18)22(27)25-19-12-26-7-5-14(19)6-8-26/h1-4,9-11,14,19H,5-8,12H2,(H,25,27)/t19-/m0/s1. The first-order valence-electron chi connectivity index (χ1n) is 9.59. The van der Waals surface area contributed by atoms with Gasteiger partial charge in [0.1, 0.15) is 17.2 Å². The first-order chi connectivity index (χ1) is 13.6. The Morgan fingerprint density at radius 3 is 2.46 bits per heavy atom. The predicted molar refractivity (Wildman–Crippen MR) is 102 cm³/mol. The topological polar surface area (TPSA) is 45.5 Å². The molecule has 0 unspecified atom stereocenters. The Balaban J connectivity index is 1.47. The number of amides is 1. The quantitative estimate of drug-likeness (QED) is 0.738. The second-order valence-electron chi connectivity index (χ2n) is 7.71. The number of furan rings is 1. The average molecular weight is 382 g/mol. The SMILES string of the molecule is O=C(N[C@H]1CN2CCC1CC2)c1cc2cc(F)cc(-c3ccc(F)cc3)c2o1. The number of hydrogen-bond acceptors (Lipinski definition) is 3. The van der Waals surface area contributed by atoms with Gasteiger partial charge >= 0.3 is 0 Å². The lowest BCUT2D eigenvalue weighted by atomic mass is 9.84. The number of nitrogens with one attached hydrogen (secondary N) is 1. The first kappa shape index (κ1) is 17.4. The molecule has 6 heteroatoms. The maximum atomic E-state index is 14.1. The molecule has 3 aromatic rings. The second kappa shape index (κ2) is 6.71.